The van der Waals surface area contributed by atoms with E-state index in [0.29, 0.717) is 5.92 Å². The number of hydrogen-bond acceptors (Lipinski definition) is 4. The number of fused-ring (bicyclic) bond motifs is 5. The maximum atomic E-state index is 14.1. The van der Waals surface area contributed by atoms with Crippen molar-refractivity contribution in [1.82, 2.24) is 0 Å². The van der Waals surface area contributed by atoms with Crippen LogP contribution in [0, 0.1) is 28.1 Å². The summed E-state index contributed by atoms with van der Waals surface area (Å²) in [4.78, 5) is 14.1. The molecule has 4 nitrogen and oxygen atoms in total. The first-order chi connectivity index (χ1) is 12.6. The molecule has 0 aromatic rings. The monoisotopic (exact) mass is 376 g/mol. The van der Waals surface area contributed by atoms with Crippen molar-refractivity contribution in [2.75, 3.05) is 20.8 Å². The molecule has 1 heterocycles. The Bertz CT molecular complexity index is 680. The quantitative estimate of drug-likeness (QED) is 0.679. The third kappa shape index (κ3) is 2.36. The zero-order valence-corrected chi connectivity index (χ0v) is 18.1. The number of Topliss-reactive ketones (excluding diaryl/α,β-unsaturated/α-hetero) is 1. The van der Waals surface area contributed by atoms with Crippen LogP contribution in [0.15, 0.2) is 11.1 Å². The summed E-state index contributed by atoms with van der Waals surface area (Å²) in [6, 6.07) is 0. The van der Waals surface area contributed by atoms with E-state index < -0.39 is 11.5 Å². The van der Waals surface area contributed by atoms with Gasteiger partial charge in [-0.05, 0) is 55.4 Å². The molecule has 1 aliphatic heterocycles. The minimum Gasteiger partial charge on any atom is -0.380 e. The first-order valence-electron chi connectivity index (χ1n) is 10.5. The van der Waals surface area contributed by atoms with E-state index in [2.05, 4.69) is 34.6 Å². The van der Waals surface area contributed by atoms with Gasteiger partial charge in [0.2, 0.25) is 0 Å². The number of carbonyl (C=O) groups is 1. The molecule has 27 heavy (non-hydrogen) atoms. The Hall–Kier alpha value is -0.710. The second-order valence-electron chi connectivity index (χ2n) is 10.4. The molecule has 0 radical (unpaired) electrons. The van der Waals surface area contributed by atoms with Crippen molar-refractivity contribution in [3.8, 4) is 0 Å². The maximum Gasteiger partial charge on any atom is 0.174 e. The molecule has 4 rings (SSSR count). The van der Waals surface area contributed by atoms with E-state index in [4.69, 9.17) is 14.2 Å². The normalized spacial score (nSPS) is 48.9. The summed E-state index contributed by atoms with van der Waals surface area (Å²) in [5, 5.41) is 0. The average Bonchev–Trinajstić information content (AvgIpc) is 2.59. The van der Waals surface area contributed by atoms with Crippen LogP contribution in [0.2, 0.25) is 0 Å². The van der Waals surface area contributed by atoms with Crippen LogP contribution in [-0.2, 0) is 19.0 Å². The molecular formula is C23H36O4. The summed E-state index contributed by atoms with van der Waals surface area (Å²) in [5.74, 6) is 0.965. The van der Waals surface area contributed by atoms with Gasteiger partial charge in [0.05, 0.1) is 24.2 Å². The number of hydrogen-bond donors (Lipinski definition) is 0. The Morgan fingerprint density at radius 3 is 2.37 bits per heavy atom. The molecule has 2 saturated carbocycles. The Kier molecular flexibility index (Phi) is 4.46. The van der Waals surface area contributed by atoms with Crippen molar-refractivity contribution in [3.63, 3.8) is 0 Å². The Balaban J connectivity index is 1.92. The molecule has 0 amide bonds. The first kappa shape index (κ1) is 19.6. The highest BCUT2D eigenvalue weighted by Crippen LogP contribution is 2.64. The van der Waals surface area contributed by atoms with Crippen LogP contribution in [0.4, 0.5) is 0 Å². The van der Waals surface area contributed by atoms with Crippen molar-refractivity contribution < 1.29 is 19.0 Å². The highest BCUT2D eigenvalue weighted by Gasteiger charge is 2.65. The van der Waals surface area contributed by atoms with Gasteiger partial charge in [0, 0.05) is 26.6 Å². The van der Waals surface area contributed by atoms with E-state index in [1.165, 1.54) is 17.6 Å². The SMILES string of the molecule is CO[C@H]1C(=O)[C@@]2(C)C(C[C@]3(C)CCC(C)=C1C3(C)C)[C@@H]1CO[C@@H]1C[C@@H]2OC. The molecule has 152 valence electrons. The molecule has 3 fully saturated rings. The third-order valence-corrected chi connectivity index (χ3v) is 9.30. The van der Waals surface area contributed by atoms with Gasteiger partial charge in [0.25, 0.3) is 0 Å². The van der Waals surface area contributed by atoms with Gasteiger partial charge < -0.3 is 14.2 Å². The predicted octanol–water partition coefficient (Wildman–Crippen LogP) is 4.17. The molecule has 2 bridgehead atoms. The van der Waals surface area contributed by atoms with E-state index in [9.17, 15) is 4.79 Å². The summed E-state index contributed by atoms with van der Waals surface area (Å²) < 4.78 is 17.8. The number of ether oxygens (including phenoxy) is 3. The second kappa shape index (κ2) is 6.14. The van der Waals surface area contributed by atoms with Crippen LogP contribution in [0.1, 0.15) is 60.3 Å². The minimum absolute atomic E-state index is 0.0624. The topological polar surface area (TPSA) is 44.8 Å². The molecule has 0 N–H and O–H groups in total. The Morgan fingerprint density at radius 1 is 1.11 bits per heavy atom. The number of ketones is 1. The summed E-state index contributed by atoms with van der Waals surface area (Å²) in [7, 11) is 3.45. The standard InChI is InChI=1S/C23H36O4/c1-13-8-9-22(4)11-15-14-12-27-16(14)10-17(25-6)23(15,5)20(24)19(26-7)18(13)21(22,2)3/h14-17,19H,8-12H2,1-7H3/t14-,15?,16+,17-,19+,22-,23-/m0/s1. The van der Waals surface area contributed by atoms with Gasteiger partial charge in [-0.15, -0.1) is 0 Å². The molecule has 3 aliphatic carbocycles. The number of rotatable bonds is 2. The van der Waals surface area contributed by atoms with E-state index in [1.807, 2.05) is 0 Å². The largest absolute Gasteiger partial charge is 0.380 e. The lowest BCUT2D eigenvalue weighted by atomic mass is 9.44. The third-order valence-electron chi connectivity index (χ3n) is 9.30. The van der Waals surface area contributed by atoms with Crippen LogP contribution < -0.4 is 0 Å². The lowest BCUT2D eigenvalue weighted by Crippen LogP contribution is -2.67. The first-order valence-corrected chi connectivity index (χ1v) is 10.5. The summed E-state index contributed by atoms with van der Waals surface area (Å²) in [5.41, 5.74) is 2.12. The van der Waals surface area contributed by atoms with Crippen molar-refractivity contribution in [2.24, 2.45) is 28.1 Å². The molecule has 7 atom stereocenters. The van der Waals surface area contributed by atoms with Gasteiger partial charge in [0.1, 0.15) is 6.10 Å². The molecule has 1 unspecified atom stereocenters. The molecule has 4 aliphatic rings. The zero-order chi connectivity index (χ0) is 19.8. The van der Waals surface area contributed by atoms with Crippen molar-refractivity contribution >= 4 is 5.78 Å². The second-order valence-corrected chi connectivity index (χ2v) is 10.4. The van der Waals surface area contributed by atoms with Crippen LogP contribution in [0.3, 0.4) is 0 Å². The van der Waals surface area contributed by atoms with Crippen molar-refractivity contribution in [3.05, 3.63) is 11.1 Å². The van der Waals surface area contributed by atoms with Crippen molar-refractivity contribution in [2.45, 2.75) is 78.6 Å². The smallest absolute Gasteiger partial charge is 0.174 e. The maximum absolute atomic E-state index is 14.1. The molecule has 0 spiro atoms. The van der Waals surface area contributed by atoms with Crippen LogP contribution in [0.25, 0.3) is 0 Å². The van der Waals surface area contributed by atoms with Crippen molar-refractivity contribution in [1.29, 1.82) is 0 Å². The van der Waals surface area contributed by atoms with E-state index >= 15 is 0 Å². The Labute approximate surface area is 164 Å². The van der Waals surface area contributed by atoms with E-state index in [1.54, 1.807) is 14.2 Å². The molecule has 1 saturated heterocycles. The van der Waals surface area contributed by atoms with Crippen LogP contribution >= 0.6 is 0 Å². The number of allylic oxidation sites excluding steroid dienone is 1. The van der Waals surface area contributed by atoms with E-state index in [-0.39, 0.29) is 34.7 Å². The van der Waals surface area contributed by atoms with Gasteiger partial charge in [0.15, 0.2) is 5.78 Å². The fourth-order valence-electron chi connectivity index (χ4n) is 6.95. The van der Waals surface area contributed by atoms with E-state index in [0.717, 1.165) is 25.9 Å². The average molecular weight is 377 g/mol. The van der Waals surface area contributed by atoms with Gasteiger partial charge in [-0.25, -0.2) is 0 Å². The van der Waals surface area contributed by atoms with Crippen LogP contribution in [-0.4, -0.2) is 44.9 Å². The molecule has 0 aromatic carbocycles. The fraction of sp³-hybridized carbons (Fsp3) is 0.870. The number of carbonyl (C=O) groups excluding carboxylic acids is 1. The van der Waals surface area contributed by atoms with Gasteiger partial charge >= 0.3 is 0 Å². The highest BCUT2D eigenvalue weighted by molar-refractivity contribution is 5.93. The fourth-order valence-corrected chi connectivity index (χ4v) is 6.95. The van der Waals surface area contributed by atoms with Gasteiger partial charge in [-0.3, -0.25) is 4.79 Å². The van der Waals surface area contributed by atoms with Gasteiger partial charge in [-0.2, -0.15) is 0 Å². The molecular weight excluding hydrogens is 340 g/mol. The van der Waals surface area contributed by atoms with Gasteiger partial charge in [-0.1, -0.05) is 26.3 Å². The summed E-state index contributed by atoms with van der Waals surface area (Å²) in [6.45, 7) is 12.2. The highest BCUT2D eigenvalue weighted by atomic mass is 16.5. The summed E-state index contributed by atoms with van der Waals surface area (Å²) >= 11 is 0. The molecule has 4 heteroatoms. The predicted molar refractivity (Wildman–Crippen MR) is 104 cm³/mol. The summed E-state index contributed by atoms with van der Waals surface area (Å²) in [6.07, 6.45) is 3.76. The molecule has 0 aromatic heterocycles. The lowest BCUT2D eigenvalue weighted by molar-refractivity contribution is -0.239. The lowest BCUT2D eigenvalue weighted by Gasteiger charge is -2.63. The Morgan fingerprint density at radius 2 is 1.81 bits per heavy atom. The number of methoxy groups -OCH3 is 2. The zero-order valence-electron chi connectivity index (χ0n) is 18.1. The minimum atomic E-state index is -0.527. The van der Waals surface area contributed by atoms with Crippen LogP contribution in [0.5, 0.6) is 0 Å².